The Balaban J connectivity index is 1.70. The maximum absolute atomic E-state index is 12.2. The van der Waals surface area contributed by atoms with Crippen molar-refractivity contribution < 1.29 is 4.79 Å². The molecule has 0 saturated carbocycles. The maximum atomic E-state index is 12.2. The van der Waals surface area contributed by atoms with Crippen molar-refractivity contribution in [1.82, 2.24) is 5.32 Å². The number of nitrogens with one attached hydrogen (secondary N) is 1. The van der Waals surface area contributed by atoms with Gasteiger partial charge in [-0.3, -0.25) is 4.79 Å². The van der Waals surface area contributed by atoms with Crippen LogP contribution in [0.5, 0.6) is 0 Å². The van der Waals surface area contributed by atoms with Gasteiger partial charge in [0, 0.05) is 11.6 Å². The summed E-state index contributed by atoms with van der Waals surface area (Å²) in [5, 5.41) is 3.90. The molecule has 0 aliphatic heterocycles. The van der Waals surface area contributed by atoms with Crippen molar-refractivity contribution in [3.63, 3.8) is 0 Å². The van der Waals surface area contributed by atoms with Crippen molar-refractivity contribution in [2.45, 2.75) is 18.9 Å². The molecule has 0 heterocycles. The largest absolute Gasteiger partial charge is 0.349 e. The minimum atomic E-state index is -0.110. The van der Waals surface area contributed by atoms with Crippen molar-refractivity contribution in [2.75, 3.05) is 0 Å². The molecule has 0 radical (unpaired) electrons. The Hall–Kier alpha value is -1.51. The van der Waals surface area contributed by atoms with Gasteiger partial charge in [-0.1, -0.05) is 47.5 Å². The lowest BCUT2D eigenvalue weighted by Gasteiger charge is -2.12. The summed E-state index contributed by atoms with van der Waals surface area (Å²) in [4.78, 5) is 12.2. The molecule has 2 nitrogen and oxygen atoms in total. The van der Waals surface area contributed by atoms with Crippen LogP contribution in [0.25, 0.3) is 0 Å². The van der Waals surface area contributed by atoms with E-state index in [1.54, 1.807) is 18.2 Å². The van der Waals surface area contributed by atoms with Crippen LogP contribution in [0.2, 0.25) is 10.0 Å². The van der Waals surface area contributed by atoms with Gasteiger partial charge in [0.15, 0.2) is 0 Å². The molecule has 1 N–H and O–H groups in total. The van der Waals surface area contributed by atoms with E-state index in [1.807, 2.05) is 12.1 Å². The number of hydrogen-bond donors (Lipinski definition) is 1. The van der Waals surface area contributed by atoms with Crippen LogP contribution >= 0.6 is 23.2 Å². The highest BCUT2D eigenvalue weighted by Gasteiger charge is 2.22. The molecule has 3 rings (SSSR count). The molecule has 0 fully saturated rings. The SMILES string of the molecule is O=C(NC1Cc2ccccc2C1)c1ccc(Cl)c(Cl)c1. The van der Waals surface area contributed by atoms with Crippen LogP contribution in [0.4, 0.5) is 0 Å². The Morgan fingerprint density at radius 2 is 1.65 bits per heavy atom. The van der Waals surface area contributed by atoms with Crippen molar-refractivity contribution in [3.05, 3.63) is 69.2 Å². The number of benzene rings is 2. The number of halogens is 2. The Kier molecular flexibility index (Phi) is 3.68. The molecule has 2 aromatic rings. The van der Waals surface area contributed by atoms with Gasteiger partial charge in [0.2, 0.25) is 0 Å². The van der Waals surface area contributed by atoms with Crippen molar-refractivity contribution in [2.24, 2.45) is 0 Å². The summed E-state index contributed by atoms with van der Waals surface area (Å²) in [6.45, 7) is 0. The fourth-order valence-corrected chi connectivity index (χ4v) is 2.87. The molecule has 0 atom stereocenters. The Bertz CT molecular complexity index is 644. The number of rotatable bonds is 2. The van der Waals surface area contributed by atoms with Crippen LogP contribution in [-0.2, 0) is 12.8 Å². The van der Waals surface area contributed by atoms with Crippen LogP contribution in [-0.4, -0.2) is 11.9 Å². The summed E-state index contributed by atoms with van der Waals surface area (Å²) in [6.07, 6.45) is 1.76. The average Bonchev–Trinajstić information content (AvgIpc) is 2.83. The van der Waals surface area contributed by atoms with Gasteiger partial charge >= 0.3 is 0 Å². The molecule has 0 aromatic heterocycles. The average molecular weight is 306 g/mol. The lowest BCUT2D eigenvalue weighted by molar-refractivity contribution is 0.0938. The lowest BCUT2D eigenvalue weighted by Crippen LogP contribution is -2.35. The summed E-state index contributed by atoms with van der Waals surface area (Å²) in [6, 6.07) is 13.4. The molecular formula is C16H13Cl2NO. The summed E-state index contributed by atoms with van der Waals surface area (Å²) < 4.78 is 0. The molecule has 0 bridgehead atoms. The van der Waals surface area contributed by atoms with Gasteiger partial charge in [-0.15, -0.1) is 0 Å². The van der Waals surface area contributed by atoms with Crippen molar-refractivity contribution in [3.8, 4) is 0 Å². The highest BCUT2D eigenvalue weighted by molar-refractivity contribution is 6.42. The van der Waals surface area contributed by atoms with Crippen molar-refractivity contribution in [1.29, 1.82) is 0 Å². The number of amides is 1. The fourth-order valence-electron chi connectivity index (χ4n) is 2.57. The molecule has 1 aliphatic carbocycles. The minimum Gasteiger partial charge on any atom is -0.349 e. The van der Waals surface area contributed by atoms with Crippen molar-refractivity contribution >= 4 is 29.1 Å². The Morgan fingerprint density at radius 3 is 2.25 bits per heavy atom. The minimum absolute atomic E-state index is 0.110. The van der Waals surface area contributed by atoms with Crippen LogP contribution in [0.3, 0.4) is 0 Å². The predicted octanol–water partition coefficient (Wildman–Crippen LogP) is 3.89. The third-order valence-electron chi connectivity index (χ3n) is 3.57. The van der Waals surface area contributed by atoms with Crippen LogP contribution in [0, 0.1) is 0 Å². The Labute approximate surface area is 127 Å². The first-order chi connectivity index (χ1) is 9.63. The van der Waals surface area contributed by atoms with E-state index in [1.165, 1.54) is 11.1 Å². The van der Waals surface area contributed by atoms with E-state index in [0.29, 0.717) is 15.6 Å². The third-order valence-corrected chi connectivity index (χ3v) is 4.31. The zero-order chi connectivity index (χ0) is 14.1. The molecule has 0 spiro atoms. The number of carbonyl (C=O) groups is 1. The first-order valence-electron chi connectivity index (χ1n) is 6.46. The molecule has 1 aliphatic rings. The van der Waals surface area contributed by atoms with E-state index in [9.17, 15) is 4.79 Å². The van der Waals surface area contributed by atoms with Gasteiger partial charge < -0.3 is 5.32 Å². The molecule has 20 heavy (non-hydrogen) atoms. The second kappa shape index (κ2) is 5.47. The quantitative estimate of drug-likeness (QED) is 0.896. The summed E-state index contributed by atoms with van der Waals surface area (Å²) in [7, 11) is 0. The van der Waals surface area contributed by atoms with Crippen LogP contribution in [0.1, 0.15) is 21.5 Å². The molecule has 0 unspecified atom stereocenters. The van der Waals surface area contributed by atoms with E-state index in [-0.39, 0.29) is 11.9 Å². The smallest absolute Gasteiger partial charge is 0.251 e. The van der Waals surface area contributed by atoms with Gasteiger partial charge in [-0.25, -0.2) is 0 Å². The van der Waals surface area contributed by atoms with Gasteiger partial charge in [-0.2, -0.15) is 0 Å². The van der Waals surface area contributed by atoms with Gasteiger partial charge in [0.25, 0.3) is 5.91 Å². The molecule has 2 aromatic carbocycles. The monoisotopic (exact) mass is 305 g/mol. The van der Waals surface area contributed by atoms with Crippen LogP contribution in [0.15, 0.2) is 42.5 Å². The molecule has 1 amide bonds. The first-order valence-corrected chi connectivity index (χ1v) is 7.22. The second-order valence-electron chi connectivity index (χ2n) is 4.98. The maximum Gasteiger partial charge on any atom is 0.251 e. The predicted molar refractivity (Wildman–Crippen MR) is 81.6 cm³/mol. The first kappa shape index (κ1) is 13.5. The van der Waals surface area contributed by atoms with E-state index >= 15 is 0 Å². The van der Waals surface area contributed by atoms with Crippen LogP contribution < -0.4 is 5.32 Å². The number of hydrogen-bond acceptors (Lipinski definition) is 1. The zero-order valence-electron chi connectivity index (χ0n) is 10.7. The van der Waals surface area contributed by atoms with Gasteiger partial charge in [-0.05, 0) is 42.2 Å². The van der Waals surface area contributed by atoms with E-state index < -0.39 is 0 Å². The van der Waals surface area contributed by atoms with E-state index in [2.05, 4.69) is 17.4 Å². The van der Waals surface area contributed by atoms with E-state index in [0.717, 1.165) is 12.8 Å². The molecule has 4 heteroatoms. The normalized spacial score (nSPS) is 14.1. The summed E-state index contributed by atoms with van der Waals surface area (Å²) >= 11 is 11.8. The highest BCUT2D eigenvalue weighted by Crippen LogP contribution is 2.24. The standard InChI is InChI=1S/C16H13Cl2NO/c17-14-6-5-12(9-15(14)18)16(20)19-13-7-10-3-1-2-4-11(10)8-13/h1-6,9,13H,7-8H2,(H,19,20). The zero-order valence-corrected chi connectivity index (χ0v) is 12.2. The third kappa shape index (κ3) is 2.67. The van der Waals surface area contributed by atoms with Gasteiger partial charge in [0.05, 0.1) is 10.0 Å². The molecule has 102 valence electrons. The Morgan fingerprint density at radius 1 is 1.00 bits per heavy atom. The van der Waals surface area contributed by atoms with Gasteiger partial charge in [0.1, 0.15) is 0 Å². The molecule has 0 saturated heterocycles. The number of carbonyl (C=O) groups excluding carboxylic acids is 1. The highest BCUT2D eigenvalue weighted by atomic mass is 35.5. The second-order valence-corrected chi connectivity index (χ2v) is 5.79. The van der Waals surface area contributed by atoms with E-state index in [4.69, 9.17) is 23.2 Å². The summed E-state index contributed by atoms with van der Waals surface area (Å²) in [5.74, 6) is -0.110. The fraction of sp³-hybridized carbons (Fsp3) is 0.188. The lowest BCUT2D eigenvalue weighted by atomic mass is 10.1. The summed E-state index contributed by atoms with van der Waals surface area (Å²) in [5.41, 5.74) is 3.16. The molecular weight excluding hydrogens is 293 g/mol. The topological polar surface area (TPSA) is 29.1 Å². The number of fused-ring (bicyclic) bond motifs is 1.